The predicted molar refractivity (Wildman–Crippen MR) is 130 cm³/mol. The number of fused-ring (bicyclic) bond motifs is 1. The summed E-state index contributed by atoms with van der Waals surface area (Å²) in [5.41, 5.74) is 6.06. The van der Waals surface area contributed by atoms with Gasteiger partial charge in [0.25, 0.3) is 0 Å². The summed E-state index contributed by atoms with van der Waals surface area (Å²) < 4.78 is 12.3. The van der Waals surface area contributed by atoms with Crippen LogP contribution in [0.3, 0.4) is 0 Å². The van der Waals surface area contributed by atoms with Crippen LogP contribution in [0.15, 0.2) is 48.5 Å². The summed E-state index contributed by atoms with van der Waals surface area (Å²) in [4.78, 5) is 12.4. The average Bonchev–Trinajstić information content (AvgIpc) is 3.26. The Morgan fingerprint density at radius 2 is 1.74 bits per heavy atom. The van der Waals surface area contributed by atoms with Crippen molar-refractivity contribution in [2.75, 3.05) is 20.8 Å². The fourth-order valence-corrected chi connectivity index (χ4v) is 3.74. The molecule has 4 rings (SSSR count). The lowest BCUT2D eigenvalue weighted by Crippen LogP contribution is -2.26. The minimum atomic E-state index is -0.0393. The molecule has 1 N–H and O–H groups in total. The van der Waals surface area contributed by atoms with Crippen LogP contribution in [0.1, 0.15) is 28.9 Å². The zero-order valence-electron chi connectivity index (χ0n) is 20.0. The van der Waals surface area contributed by atoms with Gasteiger partial charge in [-0.3, -0.25) is 4.79 Å². The Morgan fingerprint density at radius 3 is 2.50 bits per heavy atom. The van der Waals surface area contributed by atoms with Crippen molar-refractivity contribution in [3.8, 4) is 22.8 Å². The summed E-state index contributed by atoms with van der Waals surface area (Å²) in [5.74, 6) is 1.99. The van der Waals surface area contributed by atoms with Crippen molar-refractivity contribution in [1.82, 2.24) is 25.1 Å². The first-order valence-electron chi connectivity index (χ1n) is 11.2. The Balaban J connectivity index is 1.35. The van der Waals surface area contributed by atoms with Crippen LogP contribution in [0.2, 0.25) is 0 Å². The van der Waals surface area contributed by atoms with Crippen LogP contribution in [-0.2, 0) is 17.6 Å². The monoisotopic (exact) mass is 459 g/mol. The molecule has 8 nitrogen and oxygen atoms in total. The van der Waals surface area contributed by atoms with E-state index >= 15 is 0 Å². The Kier molecular flexibility index (Phi) is 7.06. The molecule has 0 fully saturated rings. The van der Waals surface area contributed by atoms with Crippen LogP contribution < -0.4 is 14.8 Å². The van der Waals surface area contributed by atoms with Crippen molar-refractivity contribution < 1.29 is 14.3 Å². The fraction of sp³-hybridized carbons (Fsp3) is 0.308. The summed E-state index contributed by atoms with van der Waals surface area (Å²) in [5, 5.41) is 16.1. The summed E-state index contributed by atoms with van der Waals surface area (Å²) in [7, 11) is 3.22. The van der Waals surface area contributed by atoms with Gasteiger partial charge in [0.1, 0.15) is 0 Å². The van der Waals surface area contributed by atoms with Gasteiger partial charge in [-0.05, 0) is 67.3 Å². The second-order valence-electron chi connectivity index (χ2n) is 8.19. The van der Waals surface area contributed by atoms with Crippen molar-refractivity contribution in [2.24, 2.45) is 0 Å². The van der Waals surface area contributed by atoms with E-state index in [2.05, 4.69) is 47.6 Å². The first-order chi connectivity index (χ1) is 16.5. The predicted octanol–water partition coefficient (Wildman–Crippen LogP) is 3.72. The largest absolute Gasteiger partial charge is 0.493 e. The number of amides is 1. The van der Waals surface area contributed by atoms with E-state index in [1.807, 2.05) is 30.3 Å². The fourth-order valence-electron chi connectivity index (χ4n) is 3.74. The molecular weight excluding hydrogens is 430 g/mol. The van der Waals surface area contributed by atoms with E-state index in [9.17, 15) is 4.79 Å². The smallest absolute Gasteiger partial charge is 0.220 e. The van der Waals surface area contributed by atoms with E-state index in [0.29, 0.717) is 48.8 Å². The van der Waals surface area contributed by atoms with E-state index in [0.717, 1.165) is 16.8 Å². The van der Waals surface area contributed by atoms with Crippen molar-refractivity contribution in [3.63, 3.8) is 0 Å². The van der Waals surface area contributed by atoms with Gasteiger partial charge in [-0.2, -0.15) is 9.61 Å². The molecule has 0 bridgehead atoms. The third-order valence-corrected chi connectivity index (χ3v) is 5.89. The molecule has 0 saturated carbocycles. The Bertz CT molecular complexity index is 1320. The molecular formula is C26H29N5O3. The number of rotatable bonds is 9. The number of nitrogens with one attached hydrogen (secondary N) is 1. The van der Waals surface area contributed by atoms with Crippen LogP contribution >= 0.6 is 0 Å². The highest BCUT2D eigenvalue weighted by atomic mass is 16.5. The summed E-state index contributed by atoms with van der Waals surface area (Å²) in [6, 6.07) is 15.9. The molecule has 2 aromatic carbocycles. The lowest BCUT2D eigenvalue weighted by atomic mass is 10.0. The molecule has 1 amide bonds. The first-order valence-corrected chi connectivity index (χ1v) is 11.2. The van der Waals surface area contributed by atoms with Crippen molar-refractivity contribution in [2.45, 2.75) is 33.1 Å². The molecule has 2 heterocycles. The third kappa shape index (κ3) is 5.17. The van der Waals surface area contributed by atoms with E-state index in [4.69, 9.17) is 14.6 Å². The number of hydrogen-bond donors (Lipinski definition) is 1. The highest BCUT2D eigenvalue weighted by Crippen LogP contribution is 2.27. The standard InChI is InChI=1S/C26H29N5O3/c1-17-5-7-20(15-18(17)2)21-8-10-24-28-29-25(31(24)30-21)11-12-26(32)27-14-13-19-6-9-22(33-3)23(16-19)34-4/h5-10,15-16H,11-14H2,1-4H3,(H,27,32). The summed E-state index contributed by atoms with van der Waals surface area (Å²) in [6.45, 7) is 4.71. The molecule has 0 saturated heterocycles. The van der Waals surface area contributed by atoms with Crippen molar-refractivity contribution in [3.05, 3.63) is 71.0 Å². The van der Waals surface area contributed by atoms with Crippen LogP contribution in [-0.4, -0.2) is 46.5 Å². The molecule has 0 aliphatic rings. The molecule has 8 heteroatoms. The molecule has 0 spiro atoms. The van der Waals surface area contributed by atoms with E-state index < -0.39 is 0 Å². The quantitative estimate of drug-likeness (QED) is 0.410. The topological polar surface area (TPSA) is 90.6 Å². The molecule has 0 aliphatic heterocycles. The Labute approximate surface area is 198 Å². The highest BCUT2D eigenvalue weighted by Gasteiger charge is 2.12. The molecule has 2 aromatic heterocycles. The molecule has 0 aliphatic carbocycles. The lowest BCUT2D eigenvalue weighted by molar-refractivity contribution is -0.121. The average molecular weight is 460 g/mol. The van der Waals surface area contributed by atoms with Crippen LogP contribution in [0.4, 0.5) is 0 Å². The van der Waals surface area contributed by atoms with Crippen molar-refractivity contribution >= 4 is 11.6 Å². The van der Waals surface area contributed by atoms with Gasteiger partial charge >= 0.3 is 0 Å². The van der Waals surface area contributed by atoms with Gasteiger partial charge in [0.2, 0.25) is 5.91 Å². The Hall–Kier alpha value is -3.94. The maximum Gasteiger partial charge on any atom is 0.220 e. The number of methoxy groups -OCH3 is 2. The number of ether oxygens (including phenoxy) is 2. The van der Waals surface area contributed by atoms with Gasteiger partial charge in [-0.1, -0.05) is 18.2 Å². The number of carbonyl (C=O) groups is 1. The molecule has 0 atom stereocenters. The van der Waals surface area contributed by atoms with Crippen LogP contribution in [0, 0.1) is 13.8 Å². The molecule has 4 aromatic rings. The second kappa shape index (κ2) is 10.3. The maximum absolute atomic E-state index is 12.4. The number of aromatic nitrogens is 4. The van der Waals surface area contributed by atoms with Gasteiger partial charge in [0.05, 0.1) is 19.9 Å². The SMILES string of the molecule is COc1ccc(CCNC(=O)CCc2nnc3ccc(-c4ccc(C)c(C)c4)nn23)cc1OC. The molecule has 176 valence electrons. The van der Waals surface area contributed by atoms with Crippen molar-refractivity contribution in [1.29, 1.82) is 0 Å². The van der Waals surface area contributed by atoms with Gasteiger partial charge in [-0.15, -0.1) is 10.2 Å². The van der Waals surface area contributed by atoms with Gasteiger partial charge in [0, 0.05) is 24.9 Å². The number of carbonyl (C=O) groups excluding carboxylic acids is 1. The molecule has 34 heavy (non-hydrogen) atoms. The number of aryl methyl sites for hydroxylation is 3. The number of nitrogens with zero attached hydrogens (tertiary/aromatic N) is 4. The molecule has 0 unspecified atom stereocenters. The third-order valence-electron chi connectivity index (χ3n) is 5.89. The Morgan fingerprint density at radius 1 is 0.912 bits per heavy atom. The van der Waals surface area contributed by atoms with Gasteiger partial charge < -0.3 is 14.8 Å². The maximum atomic E-state index is 12.4. The zero-order chi connectivity index (χ0) is 24.1. The second-order valence-corrected chi connectivity index (χ2v) is 8.19. The zero-order valence-corrected chi connectivity index (χ0v) is 20.0. The van der Waals surface area contributed by atoms with Gasteiger partial charge in [0.15, 0.2) is 23.0 Å². The van der Waals surface area contributed by atoms with Gasteiger partial charge in [-0.25, -0.2) is 0 Å². The lowest BCUT2D eigenvalue weighted by Gasteiger charge is -2.10. The normalized spacial score (nSPS) is 10.9. The van der Waals surface area contributed by atoms with E-state index in [-0.39, 0.29) is 5.91 Å². The minimum absolute atomic E-state index is 0.0393. The minimum Gasteiger partial charge on any atom is -0.493 e. The van der Waals surface area contributed by atoms with Crippen LogP contribution in [0.25, 0.3) is 16.9 Å². The van der Waals surface area contributed by atoms with E-state index in [1.165, 1.54) is 11.1 Å². The summed E-state index contributed by atoms with van der Waals surface area (Å²) in [6.07, 6.45) is 1.45. The number of benzene rings is 2. The first kappa shape index (κ1) is 23.2. The summed E-state index contributed by atoms with van der Waals surface area (Å²) >= 11 is 0. The van der Waals surface area contributed by atoms with E-state index in [1.54, 1.807) is 18.7 Å². The van der Waals surface area contributed by atoms with Crippen LogP contribution in [0.5, 0.6) is 11.5 Å². The molecule has 0 radical (unpaired) electrons. The number of hydrogen-bond acceptors (Lipinski definition) is 6. The highest BCUT2D eigenvalue weighted by molar-refractivity contribution is 5.76.